The molecule has 8 heteroatoms. The van der Waals surface area contributed by atoms with E-state index in [1.807, 2.05) is 15.5 Å². The molecule has 3 heterocycles. The number of carbonyl (C=O) groups is 1. The molecule has 1 amide bonds. The number of hydrogen-bond donors (Lipinski definition) is 2. The number of halogens is 1. The Morgan fingerprint density at radius 1 is 1.23 bits per heavy atom. The highest BCUT2D eigenvalue weighted by Gasteiger charge is 2.28. The fourth-order valence-electron chi connectivity index (χ4n) is 4.09. The zero-order valence-electron chi connectivity index (χ0n) is 17.1. The van der Waals surface area contributed by atoms with E-state index < -0.39 is 17.2 Å². The lowest BCUT2D eigenvalue weighted by Gasteiger charge is -2.30. The Hall–Kier alpha value is -3.26. The van der Waals surface area contributed by atoms with Crippen LogP contribution in [0.1, 0.15) is 34.9 Å². The number of aromatic nitrogens is 2. The van der Waals surface area contributed by atoms with Crippen molar-refractivity contribution in [1.29, 1.82) is 0 Å². The van der Waals surface area contributed by atoms with Crippen LogP contribution in [0.15, 0.2) is 47.5 Å². The molecule has 0 atom stereocenters. The molecule has 7 nitrogen and oxygen atoms in total. The molecule has 1 aromatic carbocycles. The number of nitrogens with zero attached hydrogens (tertiary/aromatic N) is 3. The fraction of sp³-hybridized carbons (Fsp3) is 0.348. The number of piperazine rings is 1. The van der Waals surface area contributed by atoms with Crippen LogP contribution >= 0.6 is 0 Å². The van der Waals surface area contributed by atoms with Crippen molar-refractivity contribution >= 4 is 22.5 Å². The maximum Gasteiger partial charge on any atom is 0.257 e. The number of carbonyl (C=O) groups excluding carboxylic acids is 1. The van der Waals surface area contributed by atoms with Gasteiger partial charge in [-0.3, -0.25) is 14.6 Å². The van der Waals surface area contributed by atoms with Gasteiger partial charge in [0, 0.05) is 50.0 Å². The second-order valence-electron chi connectivity index (χ2n) is 8.07. The number of hydrogen-bond acceptors (Lipinski definition) is 5. The van der Waals surface area contributed by atoms with E-state index in [1.165, 1.54) is 6.07 Å². The summed E-state index contributed by atoms with van der Waals surface area (Å²) in [4.78, 5) is 32.1. The van der Waals surface area contributed by atoms with Gasteiger partial charge in [0.25, 0.3) is 5.91 Å². The first-order valence-electron chi connectivity index (χ1n) is 10.6. The molecule has 31 heavy (non-hydrogen) atoms. The third-order valence-corrected chi connectivity index (χ3v) is 5.90. The van der Waals surface area contributed by atoms with E-state index in [0.717, 1.165) is 25.9 Å². The fourth-order valence-corrected chi connectivity index (χ4v) is 4.09. The summed E-state index contributed by atoms with van der Waals surface area (Å²) in [5, 5.41) is 6.27. The number of anilines is 1. The molecule has 1 aliphatic heterocycles. The van der Waals surface area contributed by atoms with Crippen molar-refractivity contribution in [2.75, 3.05) is 31.1 Å². The smallest absolute Gasteiger partial charge is 0.257 e. The van der Waals surface area contributed by atoms with Gasteiger partial charge in [0.2, 0.25) is 5.43 Å². The van der Waals surface area contributed by atoms with Crippen molar-refractivity contribution in [1.82, 2.24) is 20.2 Å². The standard InChI is InChI=1S/C23H24FN5O2/c24-19-11-17-20(12-21(19)28-9-7-25-8-10-28)29(16-4-5-16)14-18(22(17)30)23(31)27-13-15-3-1-2-6-26-15/h1-3,6,11-12,14,16,25H,4-5,7-10,13H2,(H,27,31). The predicted octanol–water partition coefficient (Wildman–Crippen LogP) is 2.21. The van der Waals surface area contributed by atoms with E-state index in [4.69, 9.17) is 0 Å². The number of nitrogens with one attached hydrogen (secondary N) is 2. The summed E-state index contributed by atoms with van der Waals surface area (Å²) in [7, 11) is 0. The van der Waals surface area contributed by atoms with Crippen molar-refractivity contribution in [3.63, 3.8) is 0 Å². The van der Waals surface area contributed by atoms with Gasteiger partial charge in [-0.05, 0) is 37.1 Å². The summed E-state index contributed by atoms with van der Waals surface area (Å²) in [6.45, 7) is 3.23. The van der Waals surface area contributed by atoms with Crippen LogP contribution in [-0.4, -0.2) is 41.6 Å². The second-order valence-corrected chi connectivity index (χ2v) is 8.07. The Labute approximate surface area is 178 Å². The highest BCUT2D eigenvalue weighted by molar-refractivity contribution is 5.97. The Morgan fingerprint density at radius 3 is 2.74 bits per heavy atom. The monoisotopic (exact) mass is 421 g/mol. The number of rotatable bonds is 5. The Kier molecular flexibility index (Phi) is 5.15. The molecular weight excluding hydrogens is 397 g/mol. The topological polar surface area (TPSA) is 79.3 Å². The minimum absolute atomic E-state index is 0.0321. The lowest BCUT2D eigenvalue weighted by molar-refractivity contribution is 0.0949. The highest BCUT2D eigenvalue weighted by Crippen LogP contribution is 2.38. The summed E-state index contributed by atoms with van der Waals surface area (Å²) in [6.07, 6.45) is 5.24. The Bertz CT molecular complexity index is 1180. The van der Waals surface area contributed by atoms with Crippen molar-refractivity contribution in [2.45, 2.75) is 25.4 Å². The van der Waals surface area contributed by atoms with Gasteiger partial charge in [0.1, 0.15) is 11.4 Å². The first kappa shape index (κ1) is 19.7. The van der Waals surface area contributed by atoms with Gasteiger partial charge in [-0.25, -0.2) is 4.39 Å². The zero-order chi connectivity index (χ0) is 21.4. The van der Waals surface area contributed by atoms with Gasteiger partial charge in [0.15, 0.2) is 0 Å². The number of benzene rings is 1. The molecule has 0 radical (unpaired) electrons. The minimum Gasteiger partial charge on any atom is -0.367 e. The summed E-state index contributed by atoms with van der Waals surface area (Å²) in [6, 6.07) is 8.73. The van der Waals surface area contributed by atoms with Gasteiger partial charge in [0.05, 0.1) is 23.4 Å². The van der Waals surface area contributed by atoms with E-state index >= 15 is 4.39 Å². The van der Waals surface area contributed by atoms with Crippen LogP contribution in [0.4, 0.5) is 10.1 Å². The van der Waals surface area contributed by atoms with Gasteiger partial charge < -0.3 is 20.1 Å². The van der Waals surface area contributed by atoms with Crippen molar-refractivity contribution in [3.05, 3.63) is 70.0 Å². The quantitative estimate of drug-likeness (QED) is 0.661. The first-order valence-corrected chi connectivity index (χ1v) is 10.6. The molecule has 0 bridgehead atoms. The second kappa shape index (κ2) is 8.11. The molecule has 0 spiro atoms. The van der Waals surface area contributed by atoms with Gasteiger partial charge in [-0.1, -0.05) is 6.07 Å². The molecule has 5 rings (SSSR count). The average Bonchev–Trinajstić information content (AvgIpc) is 3.64. The summed E-state index contributed by atoms with van der Waals surface area (Å²) < 4.78 is 17.0. The largest absolute Gasteiger partial charge is 0.367 e. The van der Waals surface area contributed by atoms with Crippen LogP contribution in [0.2, 0.25) is 0 Å². The number of amides is 1. The third kappa shape index (κ3) is 3.90. The molecule has 1 saturated heterocycles. The van der Waals surface area contributed by atoms with E-state index in [1.54, 1.807) is 30.6 Å². The summed E-state index contributed by atoms with van der Waals surface area (Å²) in [5.74, 6) is -0.904. The Balaban J connectivity index is 1.53. The van der Waals surface area contributed by atoms with Crippen LogP contribution in [0.3, 0.4) is 0 Å². The first-order chi connectivity index (χ1) is 15.1. The van der Waals surface area contributed by atoms with Crippen LogP contribution in [-0.2, 0) is 6.54 Å². The molecule has 0 unspecified atom stereocenters. The van der Waals surface area contributed by atoms with Crippen molar-refractivity contribution in [2.24, 2.45) is 0 Å². The zero-order valence-corrected chi connectivity index (χ0v) is 17.1. The maximum absolute atomic E-state index is 15.0. The van der Waals surface area contributed by atoms with Crippen LogP contribution in [0.25, 0.3) is 10.9 Å². The van der Waals surface area contributed by atoms with Crippen molar-refractivity contribution < 1.29 is 9.18 Å². The molecule has 2 N–H and O–H groups in total. The Morgan fingerprint density at radius 2 is 2.03 bits per heavy atom. The lowest BCUT2D eigenvalue weighted by Crippen LogP contribution is -2.44. The van der Waals surface area contributed by atoms with Crippen LogP contribution in [0, 0.1) is 5.82 Å². The minimum atomic E-state index is -0.474. The third-order valence-electron chi connectivity index (χ3n) is 5.90. The van der Waals surface area contributed by atoms with Gasteiger partial charge in [-0.2, -0.15) is 0 Å². The van der Waals surface area contributed by atoms with E-state index in [2.05, 4.69) is 15.6 Å². The van der Waals surface area contributed by atoms with Crippen LogP contribution < -0.4 is 21.0 Å². The maximum atomic E-state index is 15.0. The molecule has 1 aliphatic carbocycles. The molecule has 2 aliphatic rings. The molecule has 2 aromatic heterocycles. The van der Waals surface area contributed by atoms with Gasteiger partial charge in [-0.15, -0.1) is 0 Å². The highest BCUT2D eigenvalue weighted by atomic mass is 19.1. The SMILES string of the molecule is O=C(NCc1ccccn1)c1cn(C2CC2)c2cc(N3CCNCC3)c(F)cc2c1=O. The van der Waals surface area contributed by atoms with Gasteiger partial charge >= 0.3 is 0 Å². The van der Waals surface area contributed by atoms with E-state index in [0.29, 0.717) is 30.0 Å². The predicted molar refractivity (Wildman–Crippen MR) is 117 cm³/mol. The van der Waals surface area contributed by atoms with E-state index in [-0.39, 0.29) is 23.5 Å². The van der Waals surface area contributed by atoms with Crippen LogP contribution in [0.5, 0.6) is 0 Å². The van der Waals surface area contributed by atoms with E-state index in [9.17, 15) is 9.59 Å². The molecule has 1 saturated carbocycles. The average molecular weight is 421 g/mol. The normalized spacial score (nSPS) is 16.5. The van der Waals surface area contributed by atoms with Crippen molar-refractivity contribution in [3.8, 4) is 0 Å². The summed E-state index contributed by atoms with van der Waals surface area (Å²) >= 11 is 0. The number of fused-ring (bicyclic) bond motifs is 1. The number of pyridine rings is 2. The molecule has 2 fully saturated rings. The molecule has 3 aromatic rings. The lowest BCUT2D eigenvalue weighted by atomic mass is 10.1. The molecular formula is C23H24FN5O2. The molecule has 160 valence electrons. The summed E-state index contributed by atoms with van der Waals surface area (Å²) in [5.41, 5.74) is 1.48.